The molecule has 1 N–H and O–H groups in total. The molecule has 2 aromatic carbocycles. The molecule has 43 heavy (non-hydrogen) atoms. The number of aromatic nitrogens is 4. The van der Waals surface area contributed by atoms with Crippen LogP contribution >= 0.6 is 46.4 Å². The second-order valence-electron chi connectivity index (χ2n) is 11.2. The van der Waals surface area contributed by atoms with Crippen molar-refractivity contribution in [2.45, 2.75) is 83.6 Å². The van der Waals surface area contributed by atoms with Crippen molar-refractivity contribution in [2.24, 2.45) is 0 Å². The molecule has 7 rings (SSSR count). The van der Waals surface area contributed by atoms with Crippen LogP contribution in [0.2, 0.25) is 20.4 Å². The zero-order chi connectivity index (χ0) is 30.2. The number of hydrogen-bond acceptors (Lipinski definition) is 4. The Morgan fingerprint density at radius 3 is 1.58 bits per heavy atom. The maximum absolute atomic E-state index is 12.8. The van der Waals surface area contributed by atoms with Gasteiger partial charge in [0, 0.05) is 26.2 Å². The summed E-state index contributed by atoms with van der Waals surface area (Å²) in [5, 5.41) is 11.4. The van der Waals surface area contributed by atoms with Gasteiger partial charge >= 0.3 is 0 Å². The van der Waals surface area contributed by atoms with Crippen LogP contribution in [-0.2, 0) is 26.2 Å². The van der Waals surface area contributed by atoms with E-state index < -0.39 is 0 Å². The number of phenols is 1. The number of ether oxygens (including phenoxy) is 1. The summed E-state index contributed by atoms with van der Waals surface area (Å²) >= 11 is 24.9. The van der Waals surface area contributed by atoms with Gasteiger partial charge < -0.3 is 9.84 Å². The van der Waals surface area contributed by atoms with Gasteiger partial charge in [-0.1, -0.05) is 58.5 Å². The van der Waals surface area contributed by atoms with Crippen LogP contribution in [0.25, 0.3) is 22.3 Å². The minimum atomic E-state index is -0.119. The molecular formula is C31H32Cl4N4O4. The van der Waals surface area contributed by atoms with Gasteiger partial charge in [-0.25, -0.2) is 9.36 Å². The van der Waals surface area contributed by atoms with E-state index in [1.54, 1.807) is 32.2 Å². The summed E-state index contributed by atoms with van der Waals surface area (Å²) in [5.74, 6) is 0.592. The monoisotopic (exact) mass is 664 g/mol. The molecule has 0 spiro atoms. The van der Waals surface area contributed by atoms with Crippen molar-refractivity contribution in [3.8, 4) is 33.8 Å². The summed E-state index contributed by atoms with van der Waals surface area (Å²) in [5.41, 5.74) is 2.19. The molecule has 1 aliphatic carbocycles. The van der Waals surface area contributed by atoms with Crippen LogP contribution in [0.4, 0.5) is 0 Å². The average Bonchev–Trinajstić information content (AvgIpc) is 3.69. The predicted molar refractivity (Wildman–Crippen MR) is 171 cm³/mol. The molecule has 0 radical (unpaired) electrons. The maximum Gasteiger partial charge on any atom is 0.276 e. The normalized spacial score (nSPS) is 16.4. The molecule has 0 amide bonds. The van der Waals surface area contributed by atoms with E-state index in [2.05, 4.69) is 0 Å². The molecule has 228 valence electrons. The molecule has 0 atom stereocenters. The zero-order valence-corrected chi connectivity index (χ0v) is 26.5. The fourth-order valence-corrected chi connectivity index (χ4v) is 7.15. The van der Waals surface area contributed by atoms with Gasteiger partial charge in [0.05, 0.1) is 27.3 Å². The van der Waals surface area contributed by atoms with E-state index in [4.69, 9.17) is 51.1 Å². The molecule has 8 nitrogen and oxygen atoms in total. The number of phenolic OH excluding ortho intramolecular Hbond substituents is 1. The van der Waals surface area contributed by atoms with Gasteiger partial charge in [-0.05, 0) is 86.8 Å². The minimum Gasteiger partial charge on any atom is -0.506 e. The first kappa shape index (κ1) is 30.3. The smallest absolute Gasteiger partial charge is 0.276 e. The molecule has 1 saturated carbocycles. The summed E-state index contributed by atoms with van der Waals surface area (Å²) in [6.07, 6.45) is 8.78. The van der Waals surface area contributed by atoms with Crippen molar-refractivity contribution in [3.63, 3.8) is 0 Å². The Kier molecular flexibility index (Phi) is 8.92. The summed E-state index contributed by atoms with van der Waals surface area (Å²) in [7, 11) is 0. The number of halogens is 4. The first-order valence-electron chi connectivity index (χ1n) is 14.7. The van der Waals surface area contributed by atoms with Crippen molar-refractivity contribution in [2.75, 3.05) is 0 Å². The third-order valence-electron chi connectivity index (χ3n) is 8.38. The second-order valence-corrected chi connectivity index (χ2v) is 12.7. The molecule has 0 saturated heterocycles. The van der Waals surface area contributed by atoms with Crippen molar-refractivity contribution >= 4 is 46.4 Å². The Hall–Kier alpha value is -2.78. The number of aromatic hydroxyl groups is 1. The van der Waals surface area contributed by atoms with Gasteiger partial charge in [0.2, 0.25) is 0 Å². The van der Waals surface area contributed by atoms with Crippen LogP contribution in [0.15, 0.2) is 46.0 Å². The lowest BCUT2D eigenvalue weighted by atomic mass is 10.1. The van der Waals surface area contributed by atoms with Crippen molar-refractivity contribution in [1.29, 1.82) is 0 Å². The van der Waals surface area contributed by atoms with Crippen LogP contribution in [0.5, 0.6) is 11.5 Å². The fraction of sp³-hybridized carbons (Fsp3) is 0.419. The van der Waals surface area contributed by atoms with Gasteiger partial charge in [0.15, 0.2) is 0 Å². The van der Waals surface area contributed by atoms with Gasteiger partial charge in [-0.15, -0.1) is 0 Å². The molecule has 4 heterocycles. The van der Waals surface area contributed by atoms with Crippen LogP contribution < -0.4 is 15.9 Å². The van der Waals surface area contributed by atoms with Crippen LogP contribution in [0, 0.1) is 0 Å². The highest BCUT2D eigenvalue weighted by molar-refractivity contribution is 6.33. The van der Waals surface area contributed by atoms with E-state index in [0.29, 0.717) is 44.3 Å². The third kappa shape index (κ3) is 5.87. The molecule has 1 fully saturated rings. The van der Waals surface area contributed by atoms with Gasteiger partial charge in [0.25, 0.3) is 11.1 Å². The Morgan fingerprint density at radius 1 is 0.628 bits per heavy atom. The first-order chi connectivity index (χ1) is 20.7. The third-order valence-corrected chi connectivity index (χ3v) is 9.78. The molecule has 0 unspecified atom stereocenters. The Morgan fingerprint density at radius 2 is 1.09 bits per heavy atom. The topological polar surface area (TPSA) is 83.3 Å². The molecule has 2 aliphatic heterocycles. The highest BCUT2D eigenvalue weighted by Gasteiger charge is 2.24. The fourth-order valence-electron chi connectivity index (χ4n) is 6.14. The number of nitrogens with zero attached hydrogens (tertiary/aromatic N) is 4. The number of hydrogen-bond donors (Lipinski definition) is 1. The lowest BCUT2D eigenvalue weighted by Crippen LogP contribution is -2.27. The molecular weight excluding hydrogens is 634 g/mol. The Balaban J connectivity index is 0.000000157. The summed E-state index contributed by atoms with van der Waals surface area (Å²) in [4.78, 5) is 25.1. The molecule has 0 bridgehead atoms. The Bertz CT molecular complexity index is 1780. The quantitative estimate of drug-likeness (QED) is 0.241. The van der Waals surface area contributed by atoms with Crippen LogP contribution in [0.1, 0.15) is 51.4 Å². The molecule has 12 heteroatoms. The number of benzene rings is 2. The maximum atomic E-state index is 12.8. The number of fused-ring (bicyclic) bond motifs is 2. The van der Waals surface area contributed by atoms with Gasteiger partial charge in [-0.3, -0.25) is 19.0 Å². The van der Waals surface area contributed by atoms with E-state index >= 15 is 0 Å². The predicted octanol–water partition coefficient (Wildman–Crippen LogP) is 7.86. The van der Waals surface area contributed by atoms with Crippen molar-refractivity contribution in [1.82, 2.24) is 18.7 Å². The average molecular weight is 666 g/mol. The summed E-state index contributed by atoms with van der Waals surface area (Å²) in [6, 6.07) is 10.2. The summed E-state index contributed by atoms with van der Waals surface area (Å²) in [6.45, 7) is 2.93. The number of rotatable bonds is 4. The van der Waals surface area contributed by atoms with Crippen LogP contribution in [-0.4, -0.2) is 29.9 Å². The molecule has 3 aliphatic rings. The van der Waals surface area contributed by atoms with Crippen LogP contribution in [0.3, 0.4) is 0 Å². The van der Waals surface area contributed by atoms with E-state index in [9.17, 15) is 14.7 Å². The zero-order valence-electron chi connectivity index (χ0n) is 23.5. The highest BCUT2D eigenvalue weighted by Crippen LogP contribution is 2.36. The first-order valence-corrected chi connectivity index (χ1v) is 16.2. The lowest BCUT2D eigenvalue weighted by molar-refractivity contribution is 0.210. The lowest BCUT2D eigenvalue weighted by Gasteiger charge is -2.17. The molecule has 2 aromatic heterocycles. The SMILES string of the molecule is O=c1c(-c2ccc(Cl)c(O)c2)c(Cl)n2n1CCCC2.O=c1c(-c2ccc(Cl)c(OC3CCCC3)c2)c(Cl)n2n1CCCC2. The van der Waals surface area contributed by atoms with Crippen molar-refractivity contribution in [3.05, 3.63) is 77.5 Å². The van der Waals surface area contributed by atoms with E-state index in [0.717, 1.165) is 63.7 Å². The van der Waals surface area contributed by atoms with Gasteiger partial charge in [-0.2, -0.15) is 0 Å². The largest absolute Gasteiger partial charge is 0.506 e. The van der Waals surface area contributed by atoms with Gasteiger partial charge in [0.1, 0.15) is 21.8 Å². The van der Waals surface area contributed by atoms with E-state index in [1.807, 2.05) is 16.8 Å². The minimum absolute atomic E-state index is 0.0335. The highest BCUT2D eigenvalue weighted by atomic mass is 35.5. The van der Waals surface area contributed by atoms with E-state index in [-0.39, 0.29) is 28.0 Å². The summed E-state index contributed by atoms with van der Waals surface area (Å²) < 4.78 is 13.1. The molecule has 4 aromatic rings. The van der Waals surface area contributed by atoms with E-state index in [1.165, 1.54) is 18.9 Å². The second kappa shape index (κ2) is 12.7. The van der Waals surface area contributed by atoms with Crippen molar-refractivity contribution < 1.29 is 9.84 Å². The standard InChI is InChI=1S/C18H20Cl2N2O2.C13H12Cl2N2O2/c19-14-8-7-12(11-15(14)24-13-5-1-2-6-13)16-17(20)21-9-3-4-10-22(21)18(16)23;14-9-4-3-8(7-10(9)18)11-12(15)16-5-1-2-6-17(16)13(11)19/h7-8,11,13H,1-6,9-10H2;3-4,7,18H,1-2,5-6H2. The Labute approximate surface area is 268 Å².